The number of rotatable bonds is 6. The molecule has 7 heteroatoms. The van der Waals surface area contributed by atoms with Crippen LogP contribution in [-0.2, 0) is 11.3 Å². The summed E-state index contributed by atoms with van der Waals surface area (Å²) in [5.41, 5.74) is 1.31. The van der Waals surface area contributed by atoms with Gasteiger partial charge in [0.1, 0.15) is 0 Å². The Balaban J connectivity index is 2.25. The number of aromatic amines is 1. The number of nitrogens with one attached hydrogen (secondary N) is 2. The fourth-order valence-electron chi connectivity index (χ4n) is 2.10. The van der Waals surface area contributed by atoms with Crippen LogP contribution >= 0.6 is 12.2 Å². The molecule has 2 N–H and O–H groups in total. The van der Waals surface area contributed by atoms with Crippen LogP contribution < -0.4 is 10.1 Å². The van der Waals surface area contributed by atoms with Gasteiger partial charge in [0.25, 0.3) is 0 Å². The van der Waals surface area contributed by atoms with Gasteiger partial charge in [-0.2, -0.15) is 0 Å². The predicted molar refractivity (Wildman–Crippen MR) is 81.6 cm³/mol. The number of hydrogen-bond donors (Lipinski definition) is 2. The summed E-state index contributed by atoms with van der Waals surface area (Å²) in [4.78, 5) is 14.6. The molecule has 1 amide bonds. The second-order valence-electron chi connectivity index (χ2n) is 4.69. The quantitative estimate of drug-likeness (QED) is 0.807. The van der Waals surface area contributed by atoms with Crippen LogP contribution in [0.25, 0.3) is 11.0 Å². The minimum Gasteiger partial charge on any atom is -0.494 e. The van der Waals surface area contributed by atoms with Gasteiger partial charge in [-0.3, -0.25) is 4.79 Å². The largest absolute Gasteiger partial charge is 0.494 e. The fraction of sp³-hybridized carbons (Fsp3) is 0.429. The van der Waals surface area contributed by atoms with E-state index in [0.29, 0.717) is 29.8 Å². The molecule has 5 nitrogen and oxygen atoms in total. The van der Waals surface area contributed by atoms with Crippen molar-refractivity contribution >= 4 is 29.2 Å². The highest BCUT2D eigenvalue weighted by atomic mass is 32.1. The maximum atomic E-state index is 13.7. The molecular formula is C14H18FN3O2S. The maximum absolute atomic E-state index is 13.7. The molecule has 0 saturated carbocycles. The molecule has 0 bridgehead atoms. The Bertz CT molecular complexity index is 708. The summed E-state index contributed by atoms with van der Waals surface area (Å²) in [6, 6.07) is 2.93. The Hall–Kier alpha value is -1.89. The lowest BCUT2D eigenvalue weighted by Crippen LogP contribution is -2.25. The summed E-state index contributed by atoms with van der Waals surface area (Å²) >= 11 is 5.23. The number of carbonyl (C=O) groups is 1. The molecule has 1 aromatic carbocycles. The lowest BCUT2D eigenvalue weighted by molar-refractivity contribution is -0.121. The molecule has 114 valence electrons. The number of nitrogens with zero attached hydrogens (tertiary/aromatic N) is 1. The lowest BCUT2D eigenvalue weighted by Gasteiger charge is -2.07. The van der Waals surface area contributed by atoms with Gasteiger partial charge in [0, 0.05) is 31.6 Å². The third kappa shape index (κ3) is 3.41. The Morgan fingerprint density at radius 3 is 2.95 bits per heavy atom. The van der Waals surface area contributed by atoms with E-state index in [1.807, 2.05) is 6.92 Å². The topological polar surface area (TPSA) is 59.0 Å². The van der Waals surface area contributed by atoms with Gasteiger partial charge in [0.2, 0.25) is 5.91 Å². The number of benzene rings is 1. The first-order valence-corrected chi connectivity index (χ1v) is 7.20. The minimum atomic E-state index is -0.450. The van der Waals surface area contributed by atoms with Crippen LogP contribution in [0.1, 0.15) is 19.8 Å². The Labute approximate surface area is 127 Å². The van der Waals surface area contributed by atoms with Crippen LogP contribution in [0.15, 0.2) is 12.1 Å². The minimum absolute atomic E-state index is 0.0258. The molecule has 0 fully saturated rings. The standard InChI is InChI=1S/C14H18FN3O2S/c1-3-5-16-13(19)4-6-18-11-8-12(20-2)9(15)7-10(11)17-14(18)21/h7-8H,3-6H2,1-2H3,(H,16,19)(H,17,21). The Morgan fingerprint density at radius 1 is 1.52 bits per heavy atom. The van der Waals surface area contributed by atoms with E-state index >= 15 is 0 Å². The Kier molecular flexibility index (Phi) is 4.95. The zero-order valence-corrected chi connectivity index (χ0v) is 12.8. The van der Waals surface area contributed by atoms with E-state index in [2.05, 4.69) is 10.3 Å². The van der Waals surface area contributed by atoms with Crippen molar-refractivity contribution in [1.82, 2.24) is 14.9 Å². The van der Waals surface area contributed by atoms with Gasteiger partial charge in [0.15, 0.2) is 16.3 Å². The molecule has 0 aliphatic heterocycles. The molecule has 1 heterocycles. The van der Waals surface area contributed by atoms with Gasteiger partial charge in [-0.25, -0.2) is 4.39 Å². The second-order valence-corrected chi connectivity index (χ2v) is 5.07. The van der Waals surface area contributed by atoms with E-state index in [0.717, 1.165) is 11.9 Å². The SMILES string of the molecule is CCCNC(=O)CCn1c(=S)[nH]c2cc(F)c(OC)cc21. The number of H-pyrrole nitrogens is 1. The molecule has 0 unspecified atom stereocenters. The molecule has 1 aromatic heterocycles. The van der Waals surface area contributed by atoms with Crippen molar-refractivity contribution in [3.8, 4) is 5.75 Å². The van der Waals surface area contributed by atoms with Gasteiger partial charge >= 0.3 is 0 Å². The van der Waals surface area contributed by atoms with Gasteiger partial charge in [0.05, 0.1) is 18.1 Å². The monoisotopic (exact) mass is 311 g/mol. The van der Waals surface area contributed by atoms with Gasteiger partial charge in [-0.05, 0) is 18.6 Å². The number of halogens is 1. The molecular weight excluding hydrogens is 293 g/mol. The third-order valence-corrected chi connectivity index (χ3v) is 3.50. The molecule has 0 saturated heterocycles. The molecule has 0 atom stereocenters. The number of aryl methyl sites for hydroxylation is 1. The number of aromatic nitrogens is 2. The average Bonchev–Trinajstić information content (AvgIpc) is 2.76. The highest BCUT2D eigenvalue weighted by molar-refractivity contribution is 7.71. The van der Waals surface area contributed by atoms with Crippen LogP contribution in [0.5, 0.6) is 5.75 Å². The van der Waals surface area contributed by atoms with E-state index in [9.17, 15) is 9.18 Å². The number of ether oxygens (including phenoxy) is 1. The van der Waals surface area contributed by atoms with E-state index in [-0.39, 0.29) is 11.7 Å². The smallest absolute Gasteiger partial charge is 0.221 e. The van der Waals surface area contributed by atoms with Crippen LogP contribution in [0.4, 0.5) is 4.39 Å². The summed E-state index contributed by atoms with van der Waals surface area (Å²) in [7, 11) is 1.41. The normalized spacial score (nSPS) is 10.8. The zero-order valence-electron chi connectivity index (χ0n) is 12.0. The lowest BCUT2D eigenvalue weighted by atomic mass is 10.2. The first-order valence-electron chi connectivity index (χ1n) is 6.79. The van der Waals surface area contributed by atoms with Crippen molar-refractivity contribution in [3.63, 3.8) is 0 Å². The van der Waals surface area contributed by atoms with Crippen LogP contribution in [-0.4, -0.2) is 29.1 Å². The van der Waals surface area contributed by atoms with Gasteiger partial charge < -0.3 is 19.6 Å². The maximum Gasteiger partial charge on any atom is 0.221 e. The van der Waals surface area contributed by atoms with Crippen molar-refractivity contribution in [2.45, 2.75) is 26.3 Å². The third-order valence-electron chi connectivity index (χ3n) is 3.18. The van der Waals surface area contributed by atoms with Gasteiger partial charge in [-0.15, -0.1) is 0 Å². The van der Waals surface area contributed by atoms with Crippen molar-refractivity contribution in [1.29, 1.82) is 0 Å². The molecule has 0 aliphatic carbocycles. The summed E-state index contributed by atoms with van der Waals surface area (Å²) in [5.74, 6) is -0.322. The van der Waals surface area contributed by atoms with Crippen molar-refractivity contribution in [2.75, 3.05) is 13.7 Å². The summed E-state index contributed by atoms with van der Waals surface area (Å²) in [6.45, 7) is 3.09. The van der Waals surface area contributed by atoms with E-state index in [4.69, 9.17) is 17.0 Å². The van der Waals surface area contributed by atoms with E-state index in [1.165, 1.54) is 13.2 Å². The molecule has 21 heavy (non-hydrogen) atoms. The predicted octanol–water partition coefficient (Wildman–Crippen LogP) is 2.76. The van der Waals surface area contributed by atoms with E-state index < -0.39 is 5.82 Å². The van der Waals surface area contributed by atoms with E-state index in [1.54, 1.807) is 10.6 Å². The Morgan fingerprint density at radius 2 is 2.29 bits per heavy atom. The van der Waals surface area contributed by atoms with Crippen LogP contribution in [0, 0.1) is 10.6 Å². The second kappa shape index (κ2) is 6.71. The molecule has 0 aliphatic rings. The summed E-state index contributed by atoms with van der Waals surface area (Å²) < 4.78 is 20.9. The van der Waals surface area contributed by atoms with Crippen molar-refractivity contribution in [3.05, 3.63) is 22.7 Å². The molecule has 2 rings (SSSR count). The highest BCUT2D eigenvalue weighted by Crippen LogP contribution is 2.24. The highest BCUT2D eigenvalue weighted by Gasteiger charge is 2.11. The number of methoxy groups -OCH3 is 1. The van der Waals surface area contributed by atoms with Crippen molar-refractivity contribution < 1.29 is 13.9 Å². The summed E-state index contributed by atoms with van der Waals surface area (Å²) in [5, 5.41) is 2.81. The molecule has 0 spiro atoms. The first-order chi connectivity index (χ1) is 10.1. The average molecular weight is 311 g/mol. The fourth-order valence-corrected chi connectivity index (χ4v) is 2.40. The number of imidazole rings is 1. The van der Waals surface area contributed by atoms with Crippen LogP contribution in [0.3, 0.4) is 0 Å². The van der Waals surface area contributed by atoms with Gasteiger partial charge in [-0.1, -0.05) is 6.92 Å². The number of fused-ring (bicyclic) bond motifs is 1. The number of amides is 1. The number of carbonyl (C=O) groups excluding carboxylic acids is 1. The molecule has 2 aromatic rings. The zero-order chi connectivity index (χ0) is 15.4. The number of hydrogen-bond acceptors (Lipinski definition) is 3. The first kappa shape index (κ1) is 15.5. The molecule has 0 radical (unpaired) electrons. The van der Waals surface area contributed by atoms with Crippen LogP contribution in [0.2, 0.25) is 0 Å². The van der Waals surface area contributed by atoms with Crippen molar-refractivity contribution in [2.24, 2.45) is 0 Å². The summed E-state index contributed by atoms with van der Waals surface area (Å²) in [6.07, 6.45) is 1.22.